The molecule has 3 aromatic carbocycles. The van der Waals surface area contributed by atoms with Gasteiger partial charge in [-0.25, -0.2) is 12.4 Å². The van der Waals surface area contributed by atoms with Crippen LogP contribution in [0.1, 0.15) is 5.56 Å². The molecule has 4 aromatic rings. The van der Waals surface area contributed by atoms with E-state index in [1.54, 1.807) is 48.8 Å². The van der Waals surface area contributed by atoms with Crippen molar-refractivity contribution in [3.05, 3.63) is 102 Å². The molecule has 0 amide bonds. The monoisotopic (exact) mass is 407 g/mol. The van der Waals surface area contributed by atoms with E-state index in [4.69, 9.17) is 11.6 Å². The molecule has 0 radical (unpaired) electrons. The first kappa shape index (κ1) is 18.5. The van der Waals surface area contributed by atoms with Gasteiger partial charge >= 0.3 is 0 Å². The average Bonchev–Trinajstić information content (AvgIpc) is 3.16. The van der Waals surface area contributed by atoms with E-state index >= 15 is 0 Å². The second-order valence-electron chi connectivity index (χ2n) is 6.61. The van der Waals surface area contributed by atoms with E-state index in [2.05, 4.69) is 0 Å². The molecule has 1 heterocycles. The van der Waals surface area contributed by atoms with Gasteiger partial charge in [0.2, 0.25) is 0 Å². The molecule has 4 rings (SSSR count). The lowest BCUT2D eigenvalue weighted by Crippen LogP contribution is -2.10. The maximum Gasteiger partial charge on any atom is 0.267 e. The van der Waals surface area contributed by atoms with Crippen molar-refractivity contribution in [3.63, 3.8) is 0 Å². The Morgan fingerprint density at radius 1 is 0.714 bits per heavy atom. The normalized spacial score (nSPS) is 11.5. The van der Waals surface area contributed by atoms with E-state index in [-0.39, 0.29) is 4.90 Å². The quantitative estimate of drug-likeness (QED) is 0.415. The minimum absolute atomic E-state index is 0.260. The summed E-state index contributed by atoms with van der Waals surface area (Å²) in [5.74, 6) is 0. The van der Waals surface area contributed by atoms with Gasteiger partial charge in [0.25, 0.3) is 10.0 Å². The second kappa shape index (κ2) is 7.30. The van der Waals surface area contributed by atoms with Crippen LogP contribution in [-0.2, 0) is 10.0 Å². The van der Waals surface area contributed by atoms with Crippen LogP contribution in [0.5, 0.6) is 0 Å². The standard InChI is InChI=1S/C23H18ClNO2S/c1-17-7-13-21(14-8-17)28(26,27)25-15-22(18-5-3-2-4-6-18)23(16-25)19-9-11-20(24)12-10-19/h2-16H,1H3. The number of nitrogens with zero attached hydrogens (tertiary/aromatic N) is 1. The van der Waals surface area contributed by atoms with Gasteiger partial charge < -0.3 is 0 Å². The van der Waals surface area contributed by atoms with Crippen molar-refractivity contribution >= 4 is 21.6 Å². The highest BCUT2D eigenvalue weighted by molar-refractivity contribution is 7.90. The van der Waals surface area contributed by atoms with Crippen molar-refractivity contribution in [2.24, 2.45) is 0 Å². The van der Waals surface area contributed by atoms with E-state index in [1.165, 1.54) is 3.97 Å². The molecule has 0 aliphatic carbocycles. The average molecular weight is 408 g/mol. The van der Waals surface area contributed by atoms with Crippen molar-refractivity contribution in [3.8, 4) is 22.3 Å². The number of halogens is 1. The summed E-state index contributed by atoms with van der Waals surface area (Å²) in [5, 5.41) is 0.636. The maximum absolute atomic E-state index is 13.2. The van der Waals surface area contributed by atoms with Gasteiger partial charge in [0.05, 0.1) is 4.90 Å². The van der Waals surface area contributed by atoms with Crippen LogP contribution in [-0.4, -0.2) is 12.4 Å². The Morgan fingerprint density at radius 2 is 1.25 bits per heavy atom. The van der Waals surface area contributed by atoms with Crippen LogP contribution < -0.4 is 0 Å². The van der Waals surface area contributed by atoms with Crippen LogP contribution >= 0.6 is 11.6 Å². The fourth-order valence-electron chi connectivity index (χ4n) is 3.11. The van der Waals surface area contributed by atoms with Crippen LogP contribution in [0.15, 0.2) is 96.2 Å². The summed E-state index contributed by atoms with van der Waals surface area (Å²) in [6.07, 6.45) is 3.34. The van der Waals surface area contributed by atoms with Crippen molar-refractivity contribution < 1.29 is 8.42 Å². The zero-order chi connectivity index (χ0) is 19.7. The molecule has 0 N–H and O–H groups in total. The van der Waals surface area contributed by atoms with Gasteiger partial charge in [-0.3, -0.25) is 0 Å². The van der Waals surface area contributed by atoms with Crippen LogP contribution in [0, 0.1) is 6.92 Å². The summed E-state index contributed by atoms with van der Waals surface area (Å²) >= 11 is 6.03. The molecule has 0 saturated heterocycles. The van der Waals surface area contributed by atoms with E-state index < -0.39 is 10.0 Å². The summed E-state index contributed by atoms with van der Waals surface area (Å²) in [6, 6.07) is 24.0. The number of hydrogen-bond donors (Lipinski definition) is 0. The van der Waals surface area contributed by atoms with E-state index in [0.29, 0.717) is 5.02 Å². The number of hydrogen-bond acceptors (Lipinski definition) is 2. The lowest BCUT2D eigenvalue weighted by molar-refractivity contribution is 0.587. The van der Waals surface area contributed by atoms with Gasteiger partial charge in [0.1, 0.15) is 0 Å². The number of rotatable bonds is 4. The molecule has 0 atom stereocenters. The Hall–Kier alpha value is -2.82. The van der Waals surface area contributed by atoms with E-state index in [0.717, 1.165) is 27.8 Å². The van der Waals surface area contributed by atoms with Gasteiger partial charge in [-0.2, -0.15) is 0 Å². The Morgan fingerprint density at radius 3 is 1.82 bits per heavy atom. The first-order chi connectivity index (χ1) is 13.4. The highest BCUT2D eigenvalue weighted by Gasteiger charge is 2.20. The van der Waals surface area contributed by atoms with Gasteiger partial charge in [-0.1, -0.05) is 71.8 Å². The number of aromatic nitrogens is 1. The molecule has 0 saturated carbocycles. The minimum Gasteiger partial charge on any atom is -0.248 e. The van der Waals surface area contributed by atoms with E-state index in [1.807, 2.05) is 49.4 Å². The largest absolute Gasteiger partial charge is 0.267 e. The zero-order valence-corrected chi connectivity index (χ0v) is 16.8. The molecule has 140 valence electrons. The Bertz CT molecular complexity index is 1210. The number of aryl methyl sites for hydroxylation is 1. The van der Waals surface area contributed by atoms with Gasteiger partial charge in [0.15, 0.2) is 0 Å². The third kappa shape index (κ3) is 3.49. The minimum atomic E-state index is -3.69. The highest BCUT2D eigenvalue weighted by atomic mass is 35.5. The molecular weight excluding hydrogens is 390 g/mol. The van der Waals surface area contributed by atoms with E-state index in [9.17, 15) is 8.42 Å². The van der Waals surface area contributed by atoms with Crippen LogP contribution in [0.4, 0.5) is 0 Å². The molecule has 0 fully saturated rings. The van der Waals surface area contributed by atoms with Crippen molar-refractivity contribution in [1.82, 2.24) is 3.97 Å². The van der Waals surface area contributed by atoms with Gasteiger partial charge in [-0.15, -0.1) is 0 Å². The van der Waals surface area contributed by atoms with Crippen LogP contribution in [0.25, 0.3) is 22.3 Å². The summed E-state index contributed by atoms with van der Waals surface area (Å²) in [5.41, 5.74) is 4.54. The third-order valence-electron chi connectivity index (χ3n) is 4.64. The topological polar surface area (TPSA) is 39.1 Å². The first-order valence-electron chi connectivity index (χ1n) is 8.81. The smallest absolute Gasteiger partial charge is 0.248 e. The Balaban J connectivity index is 1.90. The number of benzene rings is 3. The summed E-state index contributed by atoms with van der Waals surface area (Å²) in [7, 11) is -3.69. The molecule has 0 aliphatic rings. The molecule has 0 spiro atoms. The van der Waals surface area contributed by atoms with Crippen molar-refractivity contribution in [2.45, 2.75) is 11.8 Å². The van der Waals surface area contributed by atoms with Gasteiger partial charge in [-0.05, 0) is 42.3 Å². The summed E-state index contributed by atoms with van der Waals surface area (Å²) in [4.78, 5) is 0.260. The molecular formula is C23H18ClNO2S. The molecule has 28 heavy (non-hydrogen) atoms. The van der Waals surface area contributed by atoms with Gasteiger partial charge in [0, 0.05) is 28.5 Å². The fraction of sp³-hybridized carbons (Fsp3) is 0.0435. The summed E-state index contributed by atoms with van der Waals surface area (Å²) in [6.45, 7) is 1.93. The van der Waals surface area contributed by atoms with Crippen molar-refractivity contribution in [1.29, 1.82) is 0 Å². The maximum atomic E-state index is 13.2. The molecule has 3 nitrogen and oxygen atoms in total. The predicted octanol–water partition coefficient (Wildman–Crippen LogP) is 6.02. The Kier molecular flexibility index (Phi) is 4.84. The van der Waals surface area contributed by atoms with Crippen molar-refractivity contribution in [2.75, 3.05) is 0 Å². The van der Waals surface area contributed by atoms with Crippen LogP contribution in [0.2, 0.25) is 5.02 Å². The molecule has 0 aliphatic heterocycles. The Labute approximate surface area is 169 Å². The zero-order valence-electron chi connectivity index (χ0n) is 15.2. The lowest BCUT2D eigenvalue weighted by Gasteiger charge is -2.06. The molecule has 1 aromatic heterocycles. The van der Waals surface area contributed by atoms with Crippen LogP contribution in [0.3, 0.4) is 0 Å². The molecule has 0 bridgehead atoms. The molecule has 0 unspecified atom stereocenters. The highest BCUT2D eigenvalue weighted by Crippen LogP contribution is 2.35. The SMILES string of the molecule is Cc1ccc(S(=O)(=O)n2cc(-c3ccccc3)c(-c3ccc(Cl)cc3)c2)cc1. The lowest BCUT2D eigenvalue weighted by atomic mass is 9.99. The third-order valence-corrected chi connectivity index (χ3v) is 6.53. The molecule has 5 heteroatoms. The second-order valence-corrected chi connectivity index (χ2v) is 8.89. The first-order valence-corrected chi connectivity index (χ1v) is 10.6. The summed E-state index contributed by atoms with van der Waals surface area (Å²) < 4.78 is 27.6. The fourth-order valence-corrected chi connectivity index (χ4v) is 4.45. The predicted molar refractivity (Wildman–Crippen MR) is 114 cm³/mol.